The van der Waals surface area contributed by atoms with E-state index in [0.717, 1.165) is 21.2 Å². The van der Waals surface area contributed by atoms with Gasteiger partial charge in [0.2, 0.25) is 5.95 Å². The van der Waals surface area contributed by atoms with Crippen LogP contribution in [0.2, 0.25) is 0 Å². The van der Waals surface area contributed by atoms with E-state index in [1.807, 2.05) is 25.1 Å². The normalized spacial score (nSPS) is 11.2. The van der Waals surface area contributed by atoms with Crippen molar-refractivity contribution in [2.75, 3.05) is 5.73 Å². The molecule has 2 aromatic carbocycles. The quantitative estimate of drug-likeness (QED) is 0.651. The molecule has 102 valence electrons. The molecule has 0 bridgehead atoms. The number of hydrogen-bond donors (Lipinski definition) is 1. The Morgan fingerprint density at radius 1 is 1.15 bits per heavy atom. The number of nitrogens with zero attached hydrogens (tertiary/aromatic N) is 2. The third kappa shape index (κ3) is 2.13. The van der Waals surface area contributed by atoms with Crippen molar-refractivity contribution in [1.82, 2.24) is 9.55 Å². The molecular weight excluding hydrogens is 389 g/mol. The first kappa shape index (κ1) is 13.6. The van der Waals surface area contributed by atoms with Crippen molar-refractivity contribution in [3.8, 4) is 5.69 Å². The number of halogens is 3. The highest BCUT2D eigenvalue weighted by atomic mass is 79.9. The van der Waals surface area contributed by atoms with E-state index in [4.69, 9.17) is 5.73 Å². The summed E-state index contributed by atoms with van der Waals surface area (Å²) in [5.74, 6) is -0.0273. The van der Waals surface area contributed by atoms with Gasteiger partial charge in [-0.2, -0.15) is 0 Å². The summed E-state index contributed by atoms with van der Waals surface area (Å²) in [5, 5.41) is 0. The average molecular weight is 399 g/mol. The minimum Gasteiger partial charge on any atom is -0.369 e. The summed E-state index contributed by atoms with van der Waals surface area (Å²) in [6.45, 7) is 2.01. The molecule has 0 amide bonds. The van der Waals surface area contributed by atoms with Crippen LogP contribution in [0.15, 0.2) is 39.3 Å². The van der Waals surface area contributed by atoms with E-state index in [1.165, 1.54) is 6.07 Å². The number of rotatable bonds is 1. The monoisotopic (exact) mass is 397 g/mol. The van der Waals surface area contributed by atoms with Gasteiger partial charge in [-0.15, -0.1) is 0 Å². The minimum atomic E-state index is -0.354. The second-order valence-corrected chi connectivity index (χ2v) is 6.20. The van der Waals surface area contributed by atoms with Gasteiger partial charge in [0.05, 0.1) is 21.2 Å². The summed E-state index contributed by atoms with van der Waals surface area (Å²) in [7, 11) is 0. The van der Waals surface area contributed by atoms with Crippen LogP contribution in [-0.2, 0) is 0 Å². The number of fused-ring (bicyclic) bond motifs is 1. The van der Waals surface area contributed by atoms with E-state index in [0.29, 0.717) is 15.9 Å². The van der Waals surface area contributed by atoms with Crippen LogP contribution >= 0.6 is 31.9 Å². The molecule has 0 aliphatic heterocycles. The number of nitrogen functional groups attached to an aromatic ring is 1. The molecule has 0 unspecified atom stereocenters. The van der Waals surface area contributed by atoms with Crippen molar-refractivity contribution < 1.29 is 4.39 Å². The molecule has 2 N–H and O–H groups in total. The lowest BCUT2D eigenvalue weighted by Gasteiger charge is -2.08. The fraction of sp³-hybridized carbons (Fsp3) is 0.0714. The summed E-state index contributed by atoms with van der Waals surface area (Å²) in [6, 6.07) is 8.96. The second kappa shape index (κ2) is 4.86. The van der Waals surface area contributed by atoms with Gasteiger partial charge in [0, 0.05) is 10.5 Å². The van der Waals surface area contributed by atoms with Crippen molar-refractivity contribution in [2.45, 2.75) is 6.92 Å². The number of imidazole rings is 1. The lowest BCUT2D eigenvalue weighted by atomic mass is 10.2. The highest BCUT2D eigenvalue weighted by molar-refractivity contribution is 9.10. The molecule has 0 saturated heterocycles. The van der Waals surface area contributed by atoms with Gasteiger partial charge in [-0.1, -0.05) is 22.0 Å². The molecule has 0 atom stereocenters. The maximum atomic E-state index is 13.6. The third-order valence-electron chi connectivity index (χ3n) is 3.14. The first-order chi connectivity index (χ1) is 9.47. The molecule has 0 spiro atoms. The summed E-state index contributed by atoms with van der Waals surface area (Å²) in [4.78, 5) is 4.21. The Morgan fingerprint density at radius 3 is 2.60 bits per heavy atom. The van der Waals surface area contributed by atoms with Gasteiger partial charge in [-0.25, -0.2) is 9.37 Å². The maximum absolute atomic E-state index is 13.6. The van der Waals surface area contributed by atoms with Gasteiger partial charge in [-0.05, 0) is 46.6 Å². The van der Waals surface area contributed by atoms with Crippen LogP contribution in [0.3, 0.4) is 0 Å². The van der Waals surface area contributed by atoms with E-state index in [9.17, 15) is 4.39 Å². The van der Waals surface area contributed by atoms with Crippen molar-refractivity contribution in [3.05, 3.63) is 50.7 Å². The van der Waals surface area contributed by atoms with Crippen LogP contribution in [0, 0.1) is 12.7 Å². The van der Waals surface area contributed by atoms with Crippen molar-refractivity contribution in [3.63, 3.8) is 0 Å². The van der Waals surface area contributed by atoms with Crippen LogP contribution < -0.4 is 5.73 Å². The van der Waals surface area contributed by atoms with Crippen LogP contribution in [0.25, 0.3) is 16.7 Å². The fourth-order valence-corrected chi connectivity index (χ4v) is 2.78. The zero-order valence-corrected chi connectivity index (χ0v) is 13.7. The van der Waals surface area contributed by atoms with Gasteiger partial charge in [0.1, 0.15) is 5.82 Å². The van der Waals surface area contributed by atoms with Gasteiger partial charge >= 0.3 is 0 Å². The second-order valence-electron chi connectivity index (χ2n) is 4.49. The zero-order chi connectivity index (χ0) is 14.4. The fourth-order valence-electron chi connectivity index (χ4n) is 2.08. The Kier molecular flexibility index (Phi) is 3.30. The Bertz CT molecular complexity index is 827. The Balaban J connectivity index is 2.32. The van der Waals surface area contributed by atoms with Gasteiger partial charge in [0.25, 0.3) is 0 Å². The summed E-state index contributed by atoms with van der Waals surface area (Å²) in [6.07, 6.45) is 0. The maximum Gasteiger partial charge on any atom is 0.205 e. The Labute approximate surface area is 131 Å². The van der Waals surface area contributed by atoms with Gasteiger partial charge in [-0.3, -0.25) is 4.57 Å². The van der Waals surface area contributed by atoms with E-state index in [-0.39, 0.29) is 5.82 Å². The van der Waals surface area contributed by atoms with Crippen LogP contribution in [0.4, 0.5) is 10.3 Å². The number of hydrogen-bond acceptors (Lipinski definition) is 2. The molecule has 0 radical (unpaired) electrons. The average Bonchev–Trinajstić information content (AvgIpc) is 2.69. The van der Waals surface area contributed by atoms with E-state index in [2.05, 4.69) is 36.8 Å². The Morgan fingerprint density at radius 2 is 1.90 bits per heavy atom. The molecule has 1 heterocycles. The highest BCUT2D eigenvalue weighted by Crippen LogP contribution is 2.29. The summed E-state index contributed by atoms with van der Waals surface area (Å²) >= 11 is 6.69. The SMILES string of the molecule is Cc1ccc(-n2c(N)nc3cc(F)c(Br)cc32)cc1Br. The van der Waals surface area contributed by atoms with E-state index >= 15 is 0 Å². The minimum absolute atomic E-state index is 0.327. The first-order valence-corrected chi connectivity index (χ1v) is 7.45. The first-order valence-electron chi connectivity index (χ1n) is 5.87. The number of aryl methyl sites for hydroxylation is 1. The molecule has 3 aromatic rings. The van der Waals surface area contributed by atoms with E-state index < -0.39 is 0 Å². The topological polar surface area (TPSA) is 43.8 Å². The zero-order valence-electron chi connectivity index (χ0n) is 10.5. The van der Waals surface area contributed by atoms with E-state index in [1.54, 1.807) is 10.6 Å². The molecule has 3 nitrogen and oxygen atoms in total. The molecule has 0 aliphatic carbocycles. The molecule has 3 rings (SSSR count). The summed E-state index contributed by atoms with van der Waals surface area (Å²) < 4.78 is 16.7. The van der Waals surface area contributed by atoms with Crippen LogP contribution in [-0.4, -0.2) is 9.55 Å². The predicted molar refractivity (Wildman–Crippen MR) is 85.6 cm³/mol. The molecule has 0 fully saturated rings. The highest BCUT2D eigenvalue weighted by Gasteiger charge is 2.13. The smallest absolute Gasteiger partial charge is 0.205 e. The number of aromatic nitrogens is 2. The molecular formula is C14H10Br2FN3. The largest absolute Gasteiger partial charge is 0.369 e. The lowest BCUT2D eigenvalue weighted by molar-refractivity contribution is 0.623. The molecule has 20 heavy (non-hydrogen) atoms. The van der Waals surface area contributed by atoms with Crippen LogP contribution in [0.5, 0.6) is 0 Å². The standard InChI is InChI=1S/C14H10Br2FN3/c1-7-2-3-8(4-9(7)15)20-13-5-10(16)11(17)6-12(13)19-14(20)18/h2-6H,1H3,(H2,18,19). The number of nitrogens with two attached hydrogens (primary N) is 1. The van der Waals surface area contributed by atoms with Gasteiger partial charge < -0.3 is 5.73 Å². The number of anilines is 1. The summed E-state index contributed by atoms with van der Waals surface area (Å²) in [5.41, 5.74) is 9.26. The molecule has 6 heteroatoms. The van der Waals surface area contributed by atoms with Crippen molar-refractivity contribution >= 4 is 48.8 Å². The molecule has 0 saturated carbocycles. The molecule has 0 aliphatic rings. The van der Waals surface area contributed by atoms with Crippen molar-refractivity contribution in [2.24, 2.45) is 0 Å². The molecule has 1 aromatic heterocycles. The van der Waals surface area contributed by atoms with Crippen LogP contribution in [0.1, 0.15) is 5.56 Å². The predicted octanol–water partition coefficient (Wildman–Crippen LogP) is 4.58. The lowest BCUT2D eigenvalue weighted by Crippen LogP contribution is -2.00. The Hall–Kier alpha value is -1.40. The number of benzene rings is 2. The van der Waals surface area contributed by atoms with Crippen molar-refractivity contribution in [1.29, 1.82) is 0 Å². The van der Waals surface area contributed by atoms with Gasteiger partial charge in [0.15, 0.2) is 0 Å². The third-order valence-corrected chi connectivity index (χ3v) is 4.60.